The molecule has 6 heteroatoms. The van der Waals surface area contributed by atoms with Crippen LogP contribution in [0.2, 0.25) is 0 Å². The van der Waals surface area contributed by atoms with Crippen molar-refractivity contribution >= 4 is 5.91 Å². The van der Waals surface area contributed by atoms with Gasteiger partial charge in [-0.05, 0) is 31.7 Å². The monoisotopic (exact) mass is 286 g/mol. The SMILES string of the molecule is NC(=O)C1CCC(NCc2cc(F)c(F)cc2F)CC1. The van der Waals surface area contributed by atoms with Crippen molar-refractivity contribution < 1.29 is 18.0 Å². The second-order valence-electron chi connectivity index (χ2n) is 5.19. The summed E-state index contributed by atoms with van der Waals surface area (Å²) < 4.78 is 39.3. The maximum Gasteiger partial charge on any atom is 0.220 e. The topological polar surface area (TPSA) is 55.1 Å². The first-order valence-corrected chi connectivity index (χ1v) is 6.63. The fourth-order valence-corrected chi connectivity index (χ4v) is 2.54. The highest BCUT2D eigenvalue weighted by atomic mass is 19.2. The maximum absolute atomic E-state index is 13.4. The van der Waals surface area contributed by atoms with Crippen molar-refractivity contribution in [2.75, 3.05) is 0 Å². The molecule has 0 bridgehead atoms. The van der Waals surface area contributed by atoms with Gasteiger partial charge in [-0.25, -0.2) is 13.2 Å². The molecule has 0 saturated heterocycles. The van der Waals surface area contributed by atoms with Gasteiger partial charge in [-0.3, -0.25) is 4.79 Å². The van der Waals surface area contributed by atoms with E-state index in [1.165, 1.54) is 0 Å². The Labute approximate surface area is 115 Å². The first-order valence-electron chi connectivity index (χ1n) is 6.63. The van der Waals surface area contributed by atoms with Crippen molar-refractivity contribution in [2.45, 2.75) is 38.3 Å². The zero-order valence-corrected chi connectivity index (χ0v) is 11.0. The molecule has 1 aromatic rings. The average molecular weight is 286 g/mol. The standard InChI is InChI=1S/C14H17F3N2O/c15-11-6-13(17)12(16)5-9(11)7-19-10-3-1-8(2-4-10)14(18)20/h5-6,8,10,19H,1-4,7H2,(H2,18,20). The summed E-state index contributed by atoms with van der Waals surface area (Å²) in [5.41, 5.74) is 5.34. The molecule has 1 amide bonds. The van der Waals surface area contributed by atoms with E-state index >= 15 is 0 Å². The van der Waals surface area contributed by atoms with Gasteiger partial charge in [0.2, 0.25) is 5.91 Å². The average Bonchev–Trinajstić information content (AvgIpc) is 2.42. The number of carbonyl (C=O) groups excluding carboxylic acids is 1. The Bertz CT molecular complexity index is 499. The van der Waals surface area contributed by atoms with E-state index in [4.69, 9.17) is 5.73 Å². The molecule has 0 spiro atoms. The van der Waals surface area contributed by atoms with Gasteiger partial charge in [0, 0.05) is 30.1 Å². The molecule has 1 aliphatic rings. The highest BCUT2D eigenvalue weighted by molar-refractivity contribution is 5.76. The van der Waals surface area contributed by atoms with E-state index in [0.29, 0.717) is 18.9 Å². The number of nitrogens with one attached hydrogen (secondary N) is 1. The number of amides is 1. The van der Waals surface area contributed by atoms with E-state index in [0.717, 1.165) is 18.9 Å². The second kappa shape index (κ2) is 6.26. The van der Waals surface area contributed by atoms with Gasteiger partial charge in [0.1, 0.15) is 5.82 Å². The van der Waals surface area contributed by atoms with E-state index in [2.05, 4.69) is 5.32 Å². The molecule has 110 valence electrons. The lowest BCUT2D eigenvalue weighted by molar-refractivity contribution is -0.122. The van der Waals surface area contributed by atoms with Gasteiger partial charge >= 0.3 is 0 Å². The molecule has 3 nitrogen and oxygen atoms in total. The van der Waals surface area contributed by atoms with E-state index in [1.54, 1.807) is 0 Å². The number of halogens is 3. The lowest BCUT2D eigenvalue weighted by Gasteiger charge is -2.27. The highest BCUT2D eigenvalue weighted by Crippen LogP contribution is 2.24. The quantitative estimate of drug-likeness (QED) is 0.834. The summed E-state index contributed by atoms with van der Waals surface area (Å²) in [6.45, 7) is 0.134. The molecular formula is C14H17F3N2O. The highest BCUT2D eigenvalue weighted by Gasteiger charge is 2.24. The summed E-state index contributed by atoms with van der Waals surface area (Å²) in [7, 11) is 0. The number of benzene rings is 1. The summed E-state index contributed by atoms with van der Waals surface area (Å²) in [6, 6.07) is 1.56. The third kappa shape index (κ3) is 3.50. The molecule has 0 aromatic heterocycles. The molecule has 2 rings (SSSR count). The Morgan fingerprint density at radius 1 is 1.10 bits per heavy atom. The predicted molar refractivity (Wildman–Crippen MR) is 68.1 cm³/mol. The zero-order valence-electron chi connectivity index (χ0n) is 11.0. The van der Waals surface area contributed by atoms with Crippen LogP contribution in [-0.4, -0.2) is 11.9 Å². The van der Waals surface area contributed by atoms with E-state index < -0.39 is 17.5 Å². The van der Waals surface area contributed by atoms with Crippen LogP contribution in [0.3, 0.4) is 0 Å². The summed E-state index contributed by atoms with van der Waals surface area (Å²) in [5, 5.41) is 3.10. The number of carbonyl (C=O) groups is 1. The summed E-state index contributed by atoms with van der Waals surface area (Å²) >= 11 is 0. The fraction of sp³-hybridized carbons (Fsp3) is 0.500. The minimum Gasteiger partial charge on any atom is -0.369 e. The van der Waals surface area contributed by atoms with Crippen LogP contribution in [0.15, 0.2) is 12.1 Å². The van der Waals surface area contributed by atoms with E-state index in [1.807, 2.05) is 0 Å². The minimum absolute atomic E-state index is 0.0898. The molecule has 3 N–H and O–H groups in total. The number of primary amides is 1. The molecule has 20 heavy (non-hydrogen) atoms. The van der Waals surface area contributed by atoms with E-state index in [-0.39, 0.29) is 30.0 Å². The van der Waals surface area contributed by atoms with Crippen LogP contribution in [0, 0.1) is 23.4 Å². The summed E-state index contributed by atoms with van der Waals surface area (Å²) in [4.78, 5) is 11.0. The Morgan fingerprint density at radius 3 is 2.30 bits per heavy atom. The fourth-order valence-electron chi connectivity index (χ4n) is 2.54. The van der Waals surface area contributed by atoms with Crippen LogP contribution < -0.4 is 11.1 Å². The molecule has 1 saturated carbocycles. The van der Waals surface area contributed by atoms with Gasteiger partial charge in [0.15, 0.2) is 11.6 Å². The lowest BCUT2D eigenvalue weighted by atomic mass is 9.85. The van der Waals surface area contributed by atoms with Crippen molar-refractivity contribution in [1.29, 1.82) is 0 Å². The third-order valence-corrected chi connectivity index (χ3v) is 3.80. The molecule has 0 heterocycles. The molecular weight excluding hydrogens is 269 g/mol. The minimum atomic E-state index is -1.19. The van der Waals surface area contributed by atoms with Crippen LogP contribution >= 0.6 is 0 Å². The lowest BCUT2D eigenvalue weighted by Crippen LogP contribution is -2.36. The third-order valence-electron chi connectivity index (χ3n) is 3.80. The maximum atomic E-state index is 13.4. The Hall–Kier alpha value is -1.56. The molecule has 0 radical (unpaired) electrons. The first kappa shape index (κ1) is 14.8. The van der Waals surface area contributed by atoms with Crippen molar-refractivity contribution in [3.05, 3.63) is 35.1 Å². The van der Waals surface area contributed by atoms with Gasteiger partial charge in [0.25, 0.3) is 0 Å². The zero-order chi connectivity index (χ0) is 14.7. The van der Waals surface area contributed by atoms with Crippen molar-refractivity contribution in [3.63, 3.8) is 0 Å². The van der Waals surface area contributed by atoms with Gasteiger partial charge in [-0.2, -0.15) is 0 Å². The summed E-state index contributed by atoms with van der Waals surface area (Å²) in [6.07, 6.45) is 2.93. The van der Waals surface area contributed by atoms with Crippen LogP contribution in [0.5, 0.6) is 0 Å². The number of nitrogens with two attached hydrogens (primary N) is 1. The Kier molecular flexibility index (Phi) is 4.65. The molecule has 1 aliphatic carbocycles. The number of rotatable bonds is 4. The number of hydrogen-bond acceptors (Lipinski definition) is 2. The first-order chi connectivity index (χ1) is 9.47. The largest absolute Gasteiger partial charge is 0.369 e. The molecule has 1 fully saturated rings. The molecule has 0 aliphatic heterocycles. The second-order valence-corrected chi connectivity index (χ2v) is 5.19. The molecule has 0 atom stereocenters. The molecule has 1 aromatic carbocycles. The van der Waals surface area contributed by atoms with Crippen molar-refractivity contribution in [1.82, 2.24) is 5.32 Å². The van der Waals surface area contributed by atoms with Crippen LogP contribution in [0.25, 0.3) is 0 Å². The number of hydrogen-bond donors (Lipinski definition) is 2. The van der Waals surface area contributed by atoms with Crippen LogP contribution in [0.4, 0.5) is 13.2 Å². The Balaban J connectivity index is 1.87. The summed E-state index contributed by atoms with van der Waals surface area (Å²) in [5.74, 6) is -3.38. The van der Waals surface area contributed by atoms with Gasteiger partial charge in [-0.1, -0.05) is 0 Å². The van der Waals surface area contributed by atoms with Crippen molar-refractivity contribution in [3.8, 4) is 0 Å². The predicted octanol–water partition coefficient (Wildman–Crippen LogP) is 2.24. The smallest absolute Gasteiger partial charge is 0.220 e. The van der Waals surface area contributed by atoms with Crippen molar-refractivity contribution in [2.24, 2.45) is 11.7 Å². The van der Waals surface area contributed by atoms with Crippen LogP contribution in [0.1, 0.15) is 31.2 Å². The van der Waals surface area contributed by atoms with E-state index in [9.17, 15) is 18.0 Å². The molecule has 0 unspecified atom stereocenters. The van der Waals surface area contributed by atoms with Crippen LogP contribution in [-0.2, 0) is 11.3 Å². The van der Waals surface area contributed by atoms with Gasteiger partial charge in [-0.15, -0.1) is 0 Å². The van der Waals surface area contributed by atoms with Gasteiger partial charge in [0.05, 0.1) is 0 Å². The normalized spacial score (nSPS) is 22.8. The Morgan fingerprint density at radius 2 is 1.70 bits per heavy atom. The van der Waals surface area contributed by atoms with Gasteiger partial charge < -0.3 is 11.1 Å².